The first kappa shape index (κ1) is 17.4. The van der Waals surface area contributed by atoms with E-state index in [2.05, 4.69) is 22.9 Å². The Labute approximate surface area is 148 Å². The van der Waals surface area contributed by atoms with Crippen LogP contribution in [0.15, 0.2) is 6.20 Å². The van der Waals surface area contributed by atoms with Gasteiger partial charge in [0.25, 0.3) is 5.91 Å². The molecule has 1 aromatic heterocycles. The van der Waals surface area contributed by atoms with Crippen molar-refractivity contribution in [3.8, 4) is 6.07 Å². The van der Waals surface area contributed by atoms with Crippen LogP contribution in [0.2, 0.25) is 0 Å². The van der Waals surface area contributed by atoms with Gasteiger partial charge in [-0.05, 0) is 25.2 Å². The maximum absolute atomic E-state index is 12.6. The minimum absolute atomic E-state index is 0.0256. The van der Waals surface area contributed by atoms with E-state index in [1.54, 1.807) is 6.20 Å². The number of amides is 1. The summed E-state index contributed by atoms with van der Waals surface area (Å²) < 4.78 is 0. The van der Waals surface area contributed by atoms with Crippen LogP contribution in [0.25, 0.3) is 0 Å². The lowest BCUT2D eigenvalue weighted by Gasteiger charge is -2.40. The zero-order chi connectivity index (χ0) is 16.9. The molecule has 1 aromatic rings. The molecule has 0 radical (unpaired) electrons. The summed E-state index contributed by atoms with van der Waals surface area (Å²) in [6, 6.07) is 2.57. The number of piperazine rings is 1. The van der Waals surface area contributed by atoms with Gasteiger partial charge in [-0.1, -0.05) is 26.2 Å². The van der Waals surface area contributed by atoms with Crippen LogP contribution in [0.1, 0.15) is 53.7 Å². The van der Waals surface area contributed by atoms with Crippen LogP contribution < -0.4 is 0 Å². The second kappa shape index (κ2) is 8.09. The highest BCUT2D eigenvalue weighted by molar-refractivity contribution is 7.13. The van der Waals surface area contributed by atoms with Crippen molar-refractivity contribution in [2.45, 2.75) is 51.5 Å². The number of nitrogens with zero attached hydrogens (tertiary/aromatic N) is 4. The minimum Gasteiger partial charge on any atom is -0.335 e. The van der Waals surface area contributed by atoms with Gasteiger partial charge >= 0.3 is 0 Å². The van der Waals surface area contributed by atoms with E-state index in [4.69, 9.17) is 0 Å². The van der Waals surface area contributed by atoms with Crippen LogP contribution in [-0.2, 0) is 6.42 Å². The summed E-state index contributed by atoms with van der Waals surface area (Å²) in [5.74, 6) is 0.609. The Hall–Kier alpha value is -1.45. The fraction of sp³-hybridized carbons (Fsp3) is 0.722. The van der Waals surface area contributed by atoms with Crippen molar-refractivity contribution in [1.29, 1.82) is 5.26 Å². The quantitative estimate of drug-likeness (QED) is 0.841. The van der Waals surface area contributed by atoms with E-state index < -0.39 is 0 Å². The Kier molecular flexibility index (Phi) is 5.85. The molecule has 3 rings (SSSR count). The molecule has 2 fully saturated rings. The average Bonchev–Trinajstić information content (AvgIpc) is 3.12. The van der Waals surface area contributed by atoms with Gasteiger partial charge in [-0.15, -0.1) is 11.3 Å². The van der Waals surface area contributed by atoms with Gasteiger partial charge in [-0.2, -0.15) is 5.26 Å². The normalized spacial score (nSPS) is 21.4. The smallest absolute Gasteiger partial charge is 0.265 e. The number of aromatic nitrogens is 1. The fourth-order valence-electron chi connectivity index (χ4n) is 3.87. The maximum Gasteiger partial charge on any atom is 0.265 e. The Bertz CT molecular complexity index is 594. The van der Waals surface area contributed by atoms with Crippen LogP contribution in [-0.4, -0.2) is 52.9 Å². The molecule has 6 heteroatoms. The minimum atomic E-state index is 0.0256. The molecule has 0 aromatic carbocycles. The number of thiazole rings is 1. The first-order valence-electron chi connectivity index (χ1n) is 9.10. The van der Waals surface area contributed by atoms with Crippen LogP contribution >= 0.6 is 11.3 Å². The molecule has 0 bridgehead atoms. The Morgan fingerprint density at radius 1 is 1.33 bits per heavy atom. The summed E-state index contributed by atoms with van der Waals surface area (Å²) in [4.78, 5) is 21.8. The molecule has 1 aliphatic heterocycles. The van der Waals surface area contributed by atoms with Crippen LogP contribution in [0, 0.1) is 17.2 Å². The monoisotopic (exact) mass is 346 g/mol. The lowest BCUT2D eigenvalue weighted by molar-refractivity contribution is 0.0542. The maximum atomic E-state index is 12.6. The highest BCUT2D eigenvalue weighted by Gasteiger charge is 2.32. The molecule has 5 nitrogen and oxygen atoms in total. The summed E-state index contributed by atoms with van der Waals surface area (Å²) in [5, 5.41) is 10.6. The van der Waals surface area contributed by atoms with E-state index in [0.29, 0.717) is 19.0 Å². The second-order valence-electron chi connectivity index (χ2n) is 6.77. The Morgan fingerprint density at radius 2 is 2.04 bits per heavy atom. The fourth-order valence-corrected chi connectivity index (χ4v) is 4.69. The number of carbonyl (C=O) groups is 1. The number of hydrogen-bond acceptors (Lipinski definition) is 5. The van der Waals surface area contributed by atoms with E-state index in [1.165, 1.54) is 43.4 Å². The molecule has 1 atom stereocenters. The zero-order valence-electron chi connectivity index (χ0n) is 14.4. The number of carbonyl (C=O) groups excluding carboxylic acids is 1. The van der Waals surface area contributed by atoms with Gasteiger partial charge in [0.15, 0.2) is 0 Å². The predicted molar refractivity (Wildman–Crippen MR) is 94.9 cm³/mol. The Morgan fingerprint density at radius 3 is 2.62 bits per heavy atom. The molecule has 1 saturated heterocycles. The highest BCUT2D eigenvalue weighted by atomic mass is 32.1. The predicted octanol–water partition coefficient (Wildman–Crippen LogP) is 2.94. The lowest BCUT2D eigenvalue weighted by Crippen LogP contribution is -2.53. The molecular weight excluding hydrogens is 320 g/mol. The number of rotatable bonds is 4. The van der Waals surface area contributed by atoms with Crippen molar-refractivity contribution in [1.82, 2.24) is 14.8 Å². The number of nitriles is 1. The summed E-state index contributed by atoms with van der Waals surface area (Å²) in [7, 11) is 0. The van der Waals surface area contributed by atoms with Gasteiger partial charge < -0.3 is 4.90 Å². The summed E-state index contributed by atoms with van der Waals surface area (Å²) in [5.41, 5.74) is 0. The van der Waals surface area contributed by atoms with Crippen molar-refractivity contribution < 1.29 is 4.79 Å². The first-order chi connectivity index (χ1) is 11.7. The summed E-state index contributed by atoms with van der Waals surface area (Å²) in [6.07, 6.45) is 8.76. The molecule has 0 spiro atoms. The van der Waals surface area contributed by atoms with Crippen molar-refractivity contribution in [3.05, 3.63) is 16.1 Å². The molecule has 1 aliphatic carbocycles. The van der Waals surface area contributed by atoms with E-state index >= 15 is 0 Å². The molecule has 130 valence electrons. The van der Waals surface area contributed by atoms with Gasteiger partial charge in [0.05, 0.1) is 17.3 Å². The van der Waals surface area contributed by atoms with Crippen LogP contribution in [0.3, 0.4) is 0 Å². The van der Waals surface area contributed by atoms with Crippen LogP contribution in [0.4, 0.5) is 0 Å². The van der Waals surface area contributed by atoms with Gasteiger partial charge in [0.2, 0.25) is 0 Å². The number of aryl methyl sites for hydroxylation is 1. The van der Waals surface area contributed by atoms with Crippen molar-refractivity contribution >= 4 is 17.2 Å². The van der Waals surface area contributed by atoms with Crippen molar-refractivity contribution in [3.63, 3.8) is 0 Å². The molecule has 24 heavy (non-hydrogen) atoms. The zero-order valence-corrected chi connectivity index (χ0v) is 15.2. The van der Waals surface area contributed by atoms with Crippen LogP contribution in [0.5, 0.6) is 0 Å². The summed E-state index contributed by atoms with van der Waals surface area (Å²) in [6.45, 7) is 5.09. The first-order valence-corrected chi connectivity index (χ1v) is 9.92. The SMILES string of the molecule is CCc1ncc(C(=O)N2CCN([C@H](C#N)C3CCCCC3)CC2)s1. The molecule has 2 heterocycles. The molecular formula is C18H26N4OS. The van der Waals surface area contributed by atoms with Crippen molar-refractivity contribution in [2.75, 3.05) is 26.2 Å². The van der Waals surface area contributed by atoms with Gasteiger partial charge in [0, 0.05) is 26.2 Å². The third kappa shape index (κ3) is 3.79. The average molecular weight is 347 g/mol. The van der Waals surface area contributed by atoms with E-state index in [-0.39, 0.29) is 11.9 Å². The topological polar surface area (TPSA) is 60.2 Å². The second-order valence-corrected chi connectivity index (χ2v) is 7.89. The van der Waals surface area contributed by atoms with E-state index in [0.717, 1.165) is 29.4 Å². The number of hydrogen-bond donors (Lipinski definition) is 0. The summed E-state index contributed by atoms with van der Waals surface area (Å²) >= 11 is 1.50. The molecule has 0 unspecified atom stereocenters. The third-order valence-electron chi connectivity index (χ3n) is 5.29. The Balaban J connectivity index is 1.56. The van der Waals surface area contributed by atoms with Crippen molar-refractivity contribution in [2.24, 2.45) is 5.92 Å². The van der Waals surface area contributed by atoms with E-state index in [1.807, 2.05) is 4.90 Å². The molecule has 1 saturated carbocycles. The molecule has 1 amide bonds. The molecule has 0 N–H and O–H groups in total. The van der Waals surface area contributed by atoms with Gasteiger partial charge in [-0.25, -0.2) is 4.98 Å². The third-order valence-corrected chi connectivity index (χ3v) is 6.42. The highest BCUT2D eigenvalue weighted by Crippen LogP contribution is 2.29. The largest absolute Gasteiger partial charge is 0.335 e. The van der Waals surface area contributed by atoms with Gasteiger partial charge in [0.1, 0.15) is 10.9 Å². The van der Waals surface area contributed by atoms with E-state index in [9.17, 15) is 10.1 Å². The standard InChI is InChI=1S/C18H26N4OS/c1-2-17-20-13-16(24-17)18(23)22-10-8-21(9-11-22)15(12-19)14-6-4-3-5-7-14/h13-15H,2-11H2,1H3/t15-/m1/s1. The lowest BCUT2D eigenvalue weighted by atomic mass is 9.83. The van der Waals surface area contributed by atoms with Gasteiger partial charge in [-0.3, -0.25) is 9.69 Å². The molecule has 2 aliphatic rings.